The van der Waals surface area contributed by atoms with Gasteiger partial charge < -0.3 is 29.2 Å². The minimum Gasteiger partial charge on any atom is -0.744 e. The molecule has 0 radical (unpaired) electrons. The Labute approximate surface area is 399 Å². The third-order valence-corrected chi connectivity index (χ3v) is 12.2. The van der Waals surface area contributed by atoms with Gasteiger partial charge in [-0.1, -0.05) is 62.1 Å². The van der Waals surface area contributed by atoms with Crippen molar-refractivity contribution in [2.75, 3.05) is 37.1 Å². The van der Waals surface area contributed by atoms with Crippen molar-refractivity contribution in [1.29, 1.82) is 0 Å². The van der Waals surface area contributed by atoms with Gasteiger partial charge in [-0.3, -0.25) is 9.59 Å². The van der Waals surface area contributed by atoms with Crippen LogP contribution >= 0.6 is 0 Å². The number of unbranched alkanes of at least 4 members (excludes halogenated alkanes) is 2. The van der Waals surface area contributed by atoms with Gasteiger partial charge in [0.15, 0.2) is 25.5 Å². The number of rotatable bonds is 18. The summed E-state index contributed by atoms with van der Waals surface area (Å²) in [4.78, 5) is 25.7. The van der Waals surface area contributed by atoms with Gasteiger partial charge in [-0.25, -0.2) is 16.8 Å². The molecule has 2 heterocycles. The van der Waals surface area contributed by atoms with Crippen LogP contribution in [0.15, 0.2) is 156 Å². The van der Waals surface area contributed by atoms with E-state index in [4.69, 9.17) is 9.47 Å². The molecule has 0 aliphatic heterocycles. The number of benzene rings is 5. The molecule has 16 heteroatoms. The second-order valence-electron chi connectivity index (χ2n) is 15.9. The average molecular weight is 963 g/mol. The lowest BCUT2D eigenvalue weighted by molar-refractivity contribution is -0.673. The smallest absolute Gasteiger partial charge is 0.255 e. The molecule has 5 aromatic carbocycles. The molecule has 0 saturated heterocycles. The van der Waals surface area contributed by atoms with Crippen molar-refractivity contribution in [3.05, 3.63) is 168 Å². The quantitative estimate of drug-likeness (QED) is 0.0478. The summed E-state index contributed by atoms with van der Waals surface area (Å²) in [6.45, 7) is 12.4. The number of carbonyl (C=O) groups is 2. The molecule has 2 N–H and O–H groups in total. The number of aryl methyl sites for hydroxylation is 2. The van der Waals surface area contributed by atoms with E-state index in [1.807, 2.05) is 86.9 Å². The summed E-state index contributed by atoms with van der Waals surface area (Å²) in [5.41, 5.74) is 6.36. The maximum Gasteiger partial charge on any atom is 0.255 e. The Hall–Kier alpha value is -6.40. The maximum atomic E-state index is 13.0. The number of pyridine rings is 2. The average Bonchev–Trinajstić information content (AvgIpc) is 3.31. The minimum atomic E-state index is -4.27. The Bertz CT molecular complexity index is 2780. The van der Waals surface area contributed by atoms with Crippen LogP contribution in [0.25, 0.3) is 21.8 Å². The first-order valence-corrected chi connectivity index (χ1v) is 25.1. The van der Waals surface area contributed by atoms with Gasteiger partial charge in [0.2, 0.25) is 11.0 Å². The lowest BCUT2D eigenvalue weighted by atomic mass is 10.1. The predicted octanol–water partition coefficient (Wildman–Crippen LogP) is 8.50. The predicted molar refractivity (Wildman–Crippen MR) is 260 cm³/mol. The van der Waals surface area contributed by atoms with E-state index in [9.17, 15) is 35.5 Å². The SMILES string of the molecule is CCCCOCC[n+]1cccc2cc(NC(=O)c3ccc(C(=O)Nc4ccc5c(ccc[n+]5CCOCCCC)c4)cc3)ccc21.Cc1ccc(S(=O)(=O)[O-])cc1.Cc1ccc(S(=O)(=O)[O-])cc1. The monoisotopic (exact) mass is 962 g/mol. The third kappa shape index (κ3) is 16.4. The van der Waals surface area contributed by atoms with Gasteiger partial charge in [0.05, 0.1) is 9.79 Å². The Balaban J connectivity index is 0.000000319. The molecule has 7 aromatic rings. The molecule has 0 fully saturated rings. The number of nitrogens with one attached hydrogen (secondary N) is 2. The molecular formula is C52H58N4O10S2. The molecule has 0 saturated carbocycles. The number of fused-ring (bicyclic) bond motifs is 2. The van der Waals surface area contributed by atoms with E-state index in [1.54, 1.807) is 48.5 Å². The molecule has 7 rings (SSSR count). The highest BCUT2D eigenvalue weighted by Crippen LogP contribution is 2.20. The van der Waals surface area contributed by atoms with E-state index in [0.29, 0.717) is 35.7 Å². The Kier molecular flexibility index (Phi) is 19.8. The van der Waals surface area contributed by atoms with Crippen LogP contribution in [0.1, 0.15) is 71.4 Å². The largest absolute Gasteiger partial charge is 0.744 e. The number of nitrogens with zero attached hydrogens (tertiary/aromatic N) is 2. The molecule has 14 nitrogen and oxygen atoms in total. The molecular weight excluding hydrogens is 905 g/mol. The maximum absolute atomic E-state index is 13.0. The van der Waals surface area contributed by atoms with Crippen molar-refractivity contribution in [3.8, 4) is 0 Å². The van der Waals surface area contributed by atoms with E-state index in [1.165, 1.54) is 24.3 Å². The molecule has 0 aliphatic rings. The van der Waals surface area contributed by atoms with Crippen molar-refractivity contribution >= 4 is 65.2 Å². The molecule has 0 unspecified atom stereocenters. The highest BCUT2D eigenvalue weighted by atomic mass is 32.2. The van der Waals surface area contributed by atoms with E-state index < -0.39 is 20.2 Å². The number of ether oxygens (including phenoxy) is 2. The molecule has 2 aromatic heterocycles. The third-order valence-electron chi connectivity index (χ3n) is 10.5. The normalized spacial score (nSPS) is 11.3. The van der Waals surface area contributed by atoms with Gasteiger partial charge in [0.1, 0.15) is 33.5 Å². The van der Waals surface area contributed by atoms with Crippen LogP contribution in [0.4, 0.5) is 11.4 Å². The summed E-state index contributed by atoms with van der Waals surface area (Å²) in [6, 6.07) is 38.1. The molecule has 68 heavy (non-hydrogen) atoms. The number of amides is 2. The summed E-state index contributed by atoms with van der Waals surface area (Å²) >= 11 is 0. The van der Waals surface area contributed by atoms with E-state index in [2.05, 4.69) is 33.6 Å². The van der Waals surface area contributed by atoms with Gasteiger partial charge in [-0.15, -0.1) is 0 Å². The van der Waals surface area contributed by atoms with Crippen molar-refractivity contribution in [2.24, 2.45) is 0 Å². The van der Waals surface area contributed by atoms with Gasteiger partial charge in [0.25, 0.3) is 11.8 Å². The Morgan fingerprint density at radius 2 is 0.882 bits per heavy atom. The fourth-order valence-electron chi connectivity index (χ4n) is 6.72. The lowest BCUT2D eigenvalue weighted by Gasteiger charge is -2.09. The van der Waals surface area contributed by atoms with E-state index in [0.717, 1.165) is 84.9 Å². The summed E-state index contributed by atoms with van der Waals surface area (Å²) in [7, 11) is -8.54. The molecule has 0 spiro atoms. The fraction of sp³-hybridized carbons (Fsp3) is 0.269. The lowest BCUT2D eigenvalue weighted by Crippen LogP contribution is -2.36. The molecule has 0 bridgehead atoms. The van der Waals surface area contributed by atoms with Crippen LogP contribution in [0.2, 0.25) is 0 Å². The molecule has 2 amide bonds. The van der Waals surface area contributed by atoms with E-state index >= 15 is 0 Å². The summed E-state index contributed by atoms with van der Waals surface area (Å²) in [5, 5.41) is 8.03. The number of carbonyl (C=O) groups excluding carboxylic acids is 2. The van der Waals surface area contributed by atoms with E-state index in [-0.39, 0.29) is 21.6 Å². The van der Waals surface area contributed by atoms with Crippen LogP contribution in [-0.4, -0.2) is 64.2 Å². The first-order chi connectivity index (χ1) is 32.5. The van der Waals surface area contributed by atoms with Crippen molar-refractivity contribution in [2.45, 2.75) is 76.3 Å². The standard InChI is InChI=1S/C38H42N4O4.2C7H8O3S/c1-3-5-23-45-25-21-41-19-7-9-31-27-33(15-17-35(31)41)39-37(43)29-11-13-30(14-12-29)38(44)40-34-16-18-36-32(28-34)10-8-20-42(36)22-26-46-24-6-4-2;2*1-6-2-4-7(5-3-6)11(8,9)10/h7-20,27-28H,3-6,21-26H2,1-2H3;2*2-5H,1H3,(H,8,9,10). The first-order valence-electron chi connectivity index (χ1n) is 22.3. The van der Waals surface area contributed by atoms with Gasteiger partial charge >= 0.3 is 0 Å². The highest BCUT2D eigenvalue weighted by Gasteiger charge is 2.14. The summed E-state index contributed by atoms with van der Waals surface area (Å²) in [6.07, 6.45) is 8.48. The number of aromatic nitrogens is 2. The second-order valence-corrected chi connectivity index (χ2v) is 18.7. The van der Waals surface area contributed by atoms with Crippen LogP contribution in [0.3, 0.4) is 0 Å². The van der Waals surface area contributed by atoms with Gasteiger partial charge in [-0.2, -0.15) is 9.13 Å². The summed E-state index contributed by atoms with van der Waals surface area (Å²) < 4.78 is 78.1. The van der Waals surface area contributed by atoms with Crippen LogP contribution in [0, 0.1) is 13.8 Å². The zero-order chi connectivity index (χ0) is 49.1. The summed E-state index contributed by atoms with van der Waals surface area (Å²) in [5.74, 6) is -0.476. The van der Waals surface area contributed by atoms with Gasteiger partial charge in [0, 0.05) is 70.8 Å². The van der Waals surface area contributed by atoms with Crippen molar-refractivity contribution < 1.29 is 54.1 Å². The zero-order valence-corrected chi connectivity index (χ0v) is 40.4. The van der Waals surface area contributed by atoms with Crippen LogP contribution in [-0.2, 0) is 42.8 Å². The molecule has 0 atom stereocenters. The number of hydrogen-bond acceptors (Lipinski definition) is 10. The fourth-order valence-corrected chi connectivity index (χ4v) is 7.66. The van der Waals surface area contributed by atoms with Gasteiger partial charge in [-0.05, 0) is 112 Å². The second kappa shape index (κ2) is 25.7. The van der Waals surface area contributed by atoms with Crippen LogP contribution < -0.4 is 19.8 Å². The minimum absolute atomic E-state index is 0.178. The van der Waals surface area contributed by atoms with Crippen molar-refractivity contribution in [1.82, 2.24) is 0 Å². The van der Waals surface area contributed by atoms with Crippen molar-refractivity contribution in [3.63, 3.8) is 0 Å². The number of hydrogen-bond donors (Lipinski definition) is 2. The van der Waals surface area contributed by atoms with Crippen LogP contribution in [0.5, 0.6) is 0 Å². The topological polar surface area (TPSA) is 199 Å². The highest BCUT2D eigenvalue weighted by molar-refractivity contribution is 7.86. The Morgan fingerprint density at radius 3 is 1.22 bits per heavy atom. The zero-order valence-electron chi connectivity index (χ0n) is 38.7. The molecule has 0 aliphatic carbocycles. The Morgan fingerprint density at radius 1 is 0.515 bits per heavy atom. The number of anilines is 2. The molecule has 358 valence electrons. The first kappa shape index (κ1) is 52.6.